The van der Waals surface area contributed by atoms with E-state index in [1.54, 1.807) is 12.1 Å². The van der Waals surface area contributed by atoms with Gasteiger partial charge in [0.1, 0.15) is 12.1 Å². The third kappa shape index (κ3) is 6.76. The summed E-state index contributed by atoms with van der Waals surface area (Å²) in [5.74, 6) is 0.463. The number of oxazole rings is 1. The van der Waals surface area contributed by atoms with Gasteiger partial charge >= 0.3 is 0 Å². The highest BCUT2D eigenvalue weighted by Crippen LogP contribution is 2.18. The first-order valence-electron chi connectivity index (χ1n) is 11.1. The van der Waals surface area contributed by atoms with Gasteiger partial charge in [0.25, 0.3) is 5.91 Å². The lowest BCUT2D eigenvalue weighted by molar-refractivity contribution is 0.0934. The van der Waals surface area contributed by atoms with E-state index in [-0.39, 0.29) is 23.5 Å². The molecule has 0 unspecified atom stereocenters. The van der Waals surface area contributed by atoms with Crippen molar-refractivity contribution < 1.29 is 13.6 Å². The van der Waals surface area contributed by atoms with Crippen molar-refractivity contribution in [2.75, 3.05) is 0 Å². The van der Waals surface area contributed by atoms with Crippen LogP contribution in [0, 0.1) is 5.82 Å². The average molecular weight is 438 g/mol. The van der Waals surface area contributed by atoms with E-state index in [0.717, 1.165) is 17.5 Å². The molecule has 1 atom stereocenters. The Hall–Kier alpha value is -2.99. The molecule has 32 heavy (non-hydrogen) atoms. The normalized spacial score (nSPS) is 12.3. The van der Waals surface area contributed by atoms with Gasteiger partial charge in [-0.3, -0.25) is 9.69 Å². The maximum atomic E-state index is 13.3. The first-order chi connectivity index (χ1) is 15.3. The molecule has 0 fully saturated rings. The summed E-state index contributed by atoms with van der Waals surface area (Å²) in [4.78, 5) is 18.9. The molecular formula is C26H32FN3O2. The Bertz CT molecular complexity index is 997. The summed E-state index contributed by atoms with van der Waals surface area (Å²) in [7, 11) is 0. The molecule has 1 aromatic heterocycles. The van der Waals surface area contributed by atoms with Crippen molar-refractivity contribution in [3.05, 3.63) is 88.9 Å². The molecule has 1 amide bonds. The third-order valence-electron chi connectivity index (χ3n) is 5.51. The summed E-state index contributed by atoms with van der Waals surface area (Å²) in [6.45, 7) is 10.0. The SMILES string of the molecule is CC[C@H](C)NC(=O)c1coc(CN(Cc2ccc(F)cc2)Cc2ccc(C(C)C)cc2)n1. The minimum atomic E-state index is -0.255. The van der Waals surface area contributed by atoms with Gasteiger partial charge in [-0.1, -0.05) is 57.2 Å². The third-order valence-corrected chi connectivity index (χ3v) is 5.51. The minimum Gasteiger partial charge on any atom is -0.447 e. The molecule has 0 bridgehead atoms. The number of benzene rings is 2. The molecule has 3 rings (SSSR count). The van der Waals surface area contributed by atoms with Crippen LogP contribution in [-0.4, -0.2) is 21.8 Å². The van der Waals surface area contributed by atoms with Crippen molar-refractivity contribution in [1.29, 1.82) is 0 Å². The standard InChI is InChI=1S/C26H32FN3O2/c1-5-19(4)28-26(31)24-17-32-25(29-24)16-30(15-21-8-12-23(27)13-9-21)14-20-6-10-22(11-7-20)18(2)3/h6-13,17-19H,5,14-16H2,1-4H3,(H,28,31)/t19-/m0/s1. The molecule has 170 valence electrons. The number of rotatable bonds is 10. The number of aromatic nitrogens is 1. The first kappa shape index (κ1) is 23.7. The molecular weight excluding hydrogens is 405 g/mol. The van der Waals surface area contributed by atoms with E-state index in [1.807, 2.05) is 13.8 Å². The largest absolute Gasteiger partial charge is 0.447 e. The van der Waals surface area contributed by atoms with Gasteiger partial charge in [0.05, 0.1) is 6.54 Å². The zero-order valence-electron chi connectivity index (χ0n) is 19.3. The summed E-state index contributed by atoms with van der Waals surface area (Å²) in [6, 6.07) is 15.1. The van der Waals surface area contributed by atoms with E-state index in [2.05, 4.69) is 53.3 Å². The van der Waals surface area contributed by atoms with Gasteiger partial charge in [-0.05, 0) is 48.1 Å². The summed E-state index contributed by atoms with van der Waals surface area (Å²) in [6.07, 6.45) is 2.25. The number of hydrogen-bond acceptors (Lipinski definition) is 4. The van der Waals surface area contributed by atoms with E-state index >= 15 is 0 Å². The highest BCUT2D eigenvalue weighted by Gasteiger charge is 2.17. The summed E-state index contributed by atoms with van der Waals surface area (Å²) >= 11 is 0. The minimum absolute atomic E-state index is 0.0754. The number of nitrogens with zero attached hydrogens (tertiary/aromatic N) is 2. The van der Waals surface area contributed by atoms with E-state index in [0.29, 0.717) is 31.4 Å². The van der Waals surface area contributed by atoms with Crippen LogP contribution in [0.5, 0.6) is 0 Å². The Labute approximate surface area is 189 Å². The number of carbonyl (C=O) groups excluding carboxylic acids is 1. The van der Waals surface area contributed by atoms with Crippen LogP contribution in [0.2, 0.25) is 0 Å². The second-order valence-electron chi connectivity index (χ2n) is 8.58. The molecule has 0 radical (unpaired) electrons. The fourth-order valence-corrected chi connectivity index (χ4v) is 3.36. The van der Waals surface area contributed by atoms with E-state index < -0.39 is 0 Å². The molecule has 6 heteroatoms. The molecule has 0 aliphatic heterocycles. The lowest BCUT2D eigenvalue weighted by Crippen LogP contribution is -2.32. The molecule has 0 aliphatic carbocycles. The van der Waals surface area contributed by atoms with Crippen molar-refractivity contribution in [2.45, 2.75) is 65.7 Å². The molecule has 0 spiro atoms. The monoisotopic (exact) mass is 437 g/mol. The Morgan fingerprint density at radius 2 is 1.59 bits per heavy atom. The van der Waals surface area contributed by atoms with Crippen LogP contribution in [0.4, 0.5) is 4.39 Å². The molecule has 3 aromatic rings. The van der Waals surface area contributed by atoms with Gasteiger partial charge in [0.2, 0.25) is 5.89 Å². The predicted octanol–water partition coefficient (Wildman–Crippen LogP) is 5.67. The lowest BCUT2D eigenvalue weighted by Gasteiger charge is -2.21. The summed E-state index contributed by atoms with van der Waals surface area (Å²) in [5.41, 5.74) is 3.73. The van der Waals surface area contributed by atoms with Crippen molar-refractivity contribution in [3.63, 3.8) is 0 Å². The molecule has 1 heterocycles. The lowest BCUT2D eigenvalue weighted by atomic mass is 10.0. The summed E-state index contributed by atoms with van der Waals surface area (Å²) < 4.78 is 18.9. The molecule has 5 nitrogen and oxygen atoms in total. The second-order valence-corrected chi connectivity index (χ2v) is 8.58. The maximum Gasteiger partial charge on any atom is 0.273 e. The zero-order valence-corrected chi connectivity index (χ0v) is 19.3. The topological polar surface area (TPSA) is 58.4 Å². The van der Waals surface area contributed by atoms with Crippen LogP contribution in [0.1, 0.15) is 73.1 Å². The maximum absolute atomic E-state index is 13.3. The van der Waals surface area contributed by atoms with E-state index in [9.17, 15) is 9.18 Å². The Kier molecular flexibility index (Phi) is 8.17. The molecule has 0 saturated carbocycles. The quantitative estimate of drug-likeness (QED) is 0.444. The van der Waals surface area contributed by atoms with E-state index in [4.69, 9.17) is 4.42 Å². The van der Waals surface area contributed by atoms with Crippen LogP contribution in [0.3, 0.4) is 0 Å². The Balaban J connectivity index is 1.74. The Morgan fingerprint density at radius 1 is 1.00 bits per heavy atom. The van der Waals surface area contributed by atoms with Crippen LogP contribution >= 0.6 is 0 Å². The predicted molar refractivity (Wildman–Crippen MR) is 124 cm³/mol. The number of amides is 1. The van der Waals surface area contributed by atoms with Crippen molar-refractivity contribution in [1.82, 2.24) is 15.2 Å². The van der Waals surface area contributed by atoms with Gasteiger partial charge in [0, 0.05) is 19.1 Å². The summed E-state index contributed by atoms with van der Waals surface area (Å²) in [5, 5.41) is 2.90. The number of hydrogen-bond donors (Lipinski definition) is 1. The fourth-order valence-electron chi connectivity index (χ4n) is 3.36. The average Bonchev–Trinajstić information content (AvgIpc) is 3.24. The Morgan fingerprint density at radius 3 is 2.16 bits per heavy atom. The van der Waals surface area contributed by atoms with Crippen LogP contribution < -0.4 is 5.32 Å². The molecule has 0 aliphatic rings. The number of halogens is 1. The highest BCUT2D eigenvalue weighted by molar-refractivity contribution is 5.92. The zero-order chi connectivity index (χ0) is 23.1. The number of carbonyl (C=O) groups is 1. The second kappa shape index (κ2) is 11.0. The van der Waals surface area contributed by atoms with E-state index in [1.165, 1.54) is 24.0 Å². The van der Waals surface area contributed by atoms with Crippen LogP contribution in [0.25, 0.3) is 0 Å². The molecule has 0 saturated heterocycles. The molecule has 2 aromatic carbocycles. The highest BCUT2D eigenvalue weighted by atomic mass is 19.1. The van der Waals surface area contributed by atoms with Crippen molar-refractivity contribution in [2.24, 2.45) is 0 Å². The van der Waals surface area contributed by atoms with Gasteiger partial charge < -0.3 is 9.73 Å². The first-order valence-corrected chi connectivity index (χ1v) is 11.1. The van der Waals surface area contributed by atoms with Crippen molar-refractivity contribution >= 4 is 5.91 Å². The fraction of sp³-hybridized carbons (Fsp3) is 0.385. The van der Waals surface area contributed by atoms with Gasteiger partial charge in [0.15, 0.2) is 5.69 Å². The smallest absolute Gasteiger partial charge is 0.273 e. The van der Waals surface area contributed by atoms with Crippen LogP contribution in [-0.2, 0) is 19.6 Å². The molecule has 1 N–H and O–H groups in total. The number of nitrogens with one attached hydrogen (secondary N) is 1. The van der Waals surface area contributed by atoms with Crippen molar-refractivity contribution in [3.8, 4) is 0 Å². The van der Waals surface area contributed by atoms with Crippen LogP contribution in [0.15, 0.2) is 59.2 Å². The van der Waals surface area contributed by atoms with Gasteiger partial charge in [-0.25, -0.2) is 9.37 Å². The van der Waals surface area contributed by atoms with Gasteiger partial charge in [-0.15, -0.1) is 0 Å². The van der Waals surface area contributed by atoms with Gasteiger partial charge in [-0.2, -0.15) is 0 Å².